The van der Waals surface area contributed by atoms with Crippen LogP contribution in [0.1, 0.15) is 45.6 Å². The van der Waals surface area contributed by atoms with Gasteiger partial charge in [-0.05, 0) is 65.8 Å². The lowest BCUT2D eigenvalue weighted by molar-refractivity contribution is 0.221. The maximum Gasteiger partial charge on any atom is 0.260 e. The molecule has 0 amide bonds. The molecule has 2 heterocycles. The van der Waals surface area contributed by atoms with Gasteiger partial charge in [0.15, 0.2) is 11.6 Å². The Morgan fingerprint density at radius 3 is 2.38 bits per heavy atom. The zero-order valence-electron chi connectivity index (χ0n) is 19.7. The van der Waals surface area contributed by atoms with E-state index in [1.807, 2.05) is 0 Å². The number of halogens is 3. The average molecular weight is 475 g/mol. The van der Waals surface area contributed by atoms with E-state index in [9.17, 15) is 18.0 Å². The fourth-order valence-corrected chi connectivity index (χ4v) is 4.59. The van der Waals surface area contributed by atoms with Gasteiger partial charge in [-0.25, -0.2) is 18.2 Å². The minimum absolute atomic E-state index is 0.192. The van der Waals surface area contributed by atoms with Crippen molar-refractivity contribution in [3.05, 3.63) is 46.1 Å². The predicted molar refractivity (Wildman–Crippen MR) is 127 cm³/mol. The summed E-state index contributed by atoms with van der Waals surface area (Å²) in [6.07, 6.45) is 5.62. The van der Waals surface area contributed by atoms with Gasteiger partial charge in [0.2, 0.25) is 5.95 Å². The lowest BCUT2D eigenvalue weighted by Crippen LogP contribution is -2.36. The second kappa shape index (κ2) is 9.25. The average Bonchev–Trinajstić information content (AvgIpc) is 2.80. The molecule has 10 heteroatoms. The van der Waals surface area contributed by atoms with Crippen LogP contribution in [-0.4, -0.2) is 45.6 Å². The third kappa shape index (κ3) is 4.34. The third-order valence-electron chi connectivity index (χ3n) is 6.53. The second-order valence-electron chi connectivity index (χ2n) is 9.36. The van der Waals surface area contributed by atoms with Crippen molar-refractivity contribution in [2.45, 2.75) is 57.7 Å². The van der Waals surface area contributed by atoms with Crippen molar-refractivity contribution in [1.82, 2.24) is 19.4 Å². The van der Waals surface area contributed by atoms with E-state index in [4.69, 9.17) is 5.73 Å². The summed E-state index contributed by atoms with van der Waals surface area (Å²) in [7, 11) is 4.17. The van der Waals surface area contributed by atoms with Gasteiger partial charge in [0.05, 0.1) is 5.56 Å². The zero-order valence-corrected chi connectivity index (χ0v) is 19.7. The minimum atomic E-state index is -1.52. The summed E-state index contributed by atoms with van der Waals surface area (Å²) in [5, 5.41) is 3.81. The molecule has 1 saturated carbocycles. The van der Waals surface area contributed by atoms with Crippen LogP contribution < -0.4 is 16.6 Å². The van der Waals surface area contributed by atoms with Crippen LogP contribution >= 0.6 is 0 Å². The van der Waals surface area contributed by atoms with E-state index in [0.29, 0.717) is 23.0 Å². The Morgan fingerprint density at radius 1 is 1.09 bits per heavy atom. The van der Waals surface area contributed by atoms with Gasteiger partial charge in [0, 0.05) is 35.3 Å². The zero-order chi connectivity index (χ0) is 24.7. The molecule has 2 aromatic heterocycles. The molecule has 3 N–H and O–H groups in total. The molecular weight excluding hydrogens is 445 g/mol. The monoisotopic (exact) mass is 474 g/mol. The number of nitrogens with one attached hydrogen (secondary N) is 1. The number of nitrogen functional groups attached to an aromatic ring is 1. The van der Waals surface area contributed by atoms with Crippen LogP contribution in [0.2, 0.25) is 0 Å². The van der Waals surface area contributed by atoms with Crippen molar-refractivity contribution in [1.29, 1.82) is 0 Å². The highest BCUT2D eigenvalue weighted by Crippen LogP contribution is 2.30. The molecule has 1 aliphatic rings. The number of aromatic nitrogens is 3. The van der Waals surface area contributed by atoms with Crippen LogP contribution in [0.25, 0.3) is 22.2 Å². The minimum Gasteiger partial charge on any atom is -0.394 e. The molecule has 0 unspecified atom stereocenters. The Hall–Kier alpha value is -3.14. The Labute approximate surface area is 195 Å². The molecule has 1 fully saturated rings. The molecule has 4 rings (SSSR count). The Kier molecular flexibility index (Phi) is 6.53. The molecule has 182 valence electrons. The number of nitrogens with two attached hydrogens (primary N) is 1. The van der Waals surface area contributed by atoms with Gasteiger partial charge in [-0.1, -0.05) is 0 Å². The number of nitrogens with zero attached hydrogens (tertiary/aromatic N) is 4. The van der Waals surface area contributed by atoms with E-state index < -0.39 is 34.3 Å². The maximum atomic E-state index is 14.6. The van der Waals surface area contributed by atoms with E-state index in [1.165, 1.54) is 16.8 Å². The highest BCUT2D eigenvalue weighted by atomic mass is 19.2. The van der Waals surface area contributed by atoms with Gasteiger partial charge in [0.25, 0.3) is 5.56 Å². The first-order valence-electron chi connectivity index (χ1n) is 11.4. The van der Waals surface area contributed by atoms with Gasteiger partial charge in [-0.2, -0.15) is 4.98 Å². The molecular formula is C24H29F3N6O. The van der Waals surface area contributed by atoms with Gasteiger partial charge < -0.3 is 16.0 Å². The van der Waals surface area contributed by atoms with E-state index >= 15 is 0 Å². The number of pyridine rings is 1. The number of hydrogen-bond donors (Lipinski definition) is 2. The quantitative estimate of drug-likeness (QED) is 0.423. The molecule has 0 atom stereocenters. The van der Waals surface area contributed by atoms with E-state index in [-0.39, 0.29) is 17.6 Å². The highest BCUT2D eigenvalue weighted by Gasteiger charge is 2.25. The molecule has 0 radical (unpaired) electrons. The van der Waals surface area contributed by atoms with Crippen molar-refractivity contribution in [2.75, 3.05) is 25.1 Å². The SMILES string of the molecule is CC(C)n1c(=O)c(-c2cc(F)c(N)c(F)c2F)cc2cnc(N[C@H]3CC[C@H](N(C)C)CC3)nc21. The van der Waals surface area contributed by atoms with Crippen molar-refractivity contribution < 1.29 is 13.2 Å². The lowest BCUT2D eigenvalue weighted by atomic mass is 9.91. The highest BCUT2D eigenvalue weighted by molar-refractivity contribution is 5.82. The topological polar surface area (TPSA) is 89.1 Å². The van der Waals surface area contributed by atoms with Gasteiger partial charge in [-0.15, -0.1) is 0 Å². The first-order chi connectivity index (χ1) is 16.1. The molecule has 34 heavy (non-hydrogen) atoms. The Bertz CT molecular complexity index is 1280. The molecule has 0 saturated heterocycles. The Balaban J connectivity index is 1.75. The second-order valence-corrected chi connectivity index (χ2v) is 9.36. The first-order valence-corrected chi connectivity index (χ1v) is 11.4. The van der Waals surface area contributed by atoms with Gasteiger partial charge >= 0.3 is 0 Å². The van der Waals surface area contributed by atoms with Crippen LogP contribution in [0, 0.1) is 17.5 Å². The maximum absolute atomic E-state index is 14.6. The largest absolute Gasteiger partial charge is 0.394 e. The number of anilines is 2. The van der Waals surface area contributed by atoms with Crippen LogP contribution in [0.4, 0.5) is 24.8 Å². The summed E-state index contributed by atoms with van der Waals surface area (Å²) in [5.74, 6) is -3.63. The van der Waals surface area contributed by atoms with Gasteiger partial charge in [0.1, 0.15) is 17.2 Å². The predicted octanol–water partition coefficient (Wildman–Crippen LogP) is 4.32. The normalized spacial score (nSPS) is 18.7. The standard InChI is InChI=1S/C24H29F3N6O/c1-12(2)33-22-13(9-17(23(33)34)16-10-18(25)21(28)20(27)19(16)26)11-29-24(31-22)30-14-5-7-15(8-6-14)32(3)4/h9-12,14-15H,5-8,28H2,1-4H3,(H,29,30,31)/t14-,15-. The van der Waals surface area contributed by atoms with Crippen LogP contribution in [0.15, 0.2) is 23.1 Å². The van der Waals surface area contributed by atoms with Crippen LogP contribution in [0.5, 0.6) is 0 Å². The van der Waals surface area contributed by atoms with Crippen LogP contribution in [0.3, 0.4) is 0 Å². The van der Waals surface area contributed by atoms with Crippen LogP contribution in [-0.2, 0) is 0 Å². The fraction of sp³-hybridized carbons (Fsp3) is 0.458. The fourth-order valence-electron chi connectivity index (χ4n) is 4.59. The van der Waals surface area contributed by atoms with E-state index in [1.54, 1.807) is 13.8 Å². The van der Waals surface area contributed by atoms with Crippen molar-refractivity contribution >= 4 is 22.7 Å². The summed E-state index contributed by atoms with van der Waals surface area (Å²) in [6, 6.07) is 2.53. The summed E-state index contributed by atoms with van der Waals surface area (Å²) in [5.41, 5.74) is 3.39. The molecule has 3 aromatic rings. The van der Waals surface area contributed by atoms with Crippen molar-refractivity contribution in [3.8, 4) is 11.1 Å². The summed E-state index contributed by atoms with van der Waals surface area (Å²) in [4.78, 5) is 24.5. The molecule has 0 spiro atoms. The smallest absolute Gasteiger partial charge is 0.260 e. The number of benzene rings is 1. The lowest BCUT2D eigenvalue weighted by Gasteiger charge is -2.33. The third-order valence-corrected chi connectivity index (χ3v) is 6.53. The molecule has 0 aliphatic heterocycles. The van der Waals surface area contributed by atoms with E-state index in [2.05, 4.69) is 34.3 Å². The van der Waals surface area contributed by atoms with E-state index in [0.717, 1.165) is 31.7 Å². The Morgan fingerprint density at radius 2 is 1.76 bits per heavy atom. The van der Waals surface area contributed by atoms with Crippen molar-refractivity contribution in [3.63, 3.8) is 0 Å². The van der Waals surface area contributed by atoms with Crippen molar-refractivity contribution in [2.24, 2.45) is 0 Å². The number of fused-ring (bicyclic) bond motifs is 1. The number of rotatable bonds is 5. The summed E-state index contributed by atoms with van der Waals surface area (Å²) < 4.78 is 44.2. The first kappa shape index (κ1) is 24.0. The summed E-state index contributed by atoms with van der Waals surface area (Å²) >= 11 is 0. The molecule has 0 bridgehead atoms. The number of hydrogen-bond acceptors (Lipinski definition) is 6. The van der Waals surface area contributed by atoms with Gasteiger partial charge in [-0.3, -0.25) is 9.36 Å². The molecule has 1 aliphatic carbocycles. The molecule has 7 nitrogen and oxygen atoms in total. The summed E-state index contributed by atoms with van der Waals surface area (Å²) in [6.45, 7) is 3.56. The molecule has 1 aromatic carbocycles.